The van der Waals surface area contributed by atoms with Gasteiger partial charge in [0.2, 0.25) is 0 Å². The van der Waals surface area contributed by atoms with E-state index in [1.165, 1.54) is 7.11 Å². The van der Waals surface area contributed by atoms with Crippen LogP contribution in [-0.4, -0.2) is 24.2 Å². The van der Waals surface area contributed by atoms with Crippen molar-refractivity contribution in [3.63, 3.8) is 0 Å². The van der Waals surface area contributed by atoms with E-state index in [9.17, 15) is 9.59 Å². The first kappa shape index (κ1) is 19.1. The number of nitrogens with two attached hydrogens (primary N) is 2. The highest BCUT2D eigenvalue weighted by Crippen LogP contribution is 2.43. The fraction of sp³-hybridized carbons (Fsp3) is 0.333. The Bertz CT molecular complexity index is 835. The lowest BCUT2D eigenvalue weighted by Crippen LogP contribution is -2.18. The summed E-state index contributed by atoms with van der Waals surface area (Å²) >= 11 is 0. The highest BCUT2D eigenvalue weighted by Gasteiger charge is 2.40. The molecule has 0 amide bonds. The van der Waals surface area contributed by atoms with Crippen molar-refractivity contribution in [2.75, 3.05) is 7.11 Å². The highest BCUT2D eigenvalue weighted by atomic mass is 16.5. The monoisotopic (exact) mass is 368 g/mol. The van der Waals surface area contributed by atoms with Crippen molar-refractivity contribution in [1.82, 2.24) is 0 Å². The molecule has 0 unspecified atom stereocenters. The molecule has 0 bridgehead atoms. The van der Waals surface area contributed by atoms with Gasteiger partial charge in [0, 0.05) is 11.1 Å². The number of methoxy groups -OCH3 is 1. The molecule has 2 aromatic rings. The summed E-state index contributed by atoms with van der Waals surface area (Å²) in [5.74, 6) is -1.20. The van der Waals surface area contributed by atoms with Gasteiger partial charge < -0.3 is 21.3 Å². The summed E-state index contributed by atoms with van der Waals surface area (Å²) in [6.07, 6.45) is 4.06. The van der Waals surface area contributed by atoms with Crippen molar-refractivity contribution in [3.05, 3.63) is 70.8 Å². The number of benzene rings is 2. The molecule has 2 aromatic carbocycles. The smallest absolute Gasteiger partial charge is 0.337 e. The van der Waals surface area contributed by atoms with E-state index in [0.29, 0.717) is 11.1 Å². The van der Waals surface area contributed by atoms with E-state index in [4.69, 9.17) is 16.6 Å². The second kappa shape index (κ2) is 7.13. The Hall–Kier alpha value is -2.70. The van der Waals surface area contributed by atoms with Crippen LogP contribution in [0.1, 0.15) is 57.5 Å². The zero-order valence-corrected chi connectivity index (χ0v) is 15.3. The Labute approximate surface area is 158 Å². The Balaban J connectivity index is 0.000000156. The molecule has 2 fully saturated rings. The minimum atomic E-state index is -0.895. The second-order valence-corrected chi connectivity index (χ2v) is 7.26. The molecule has 2 aliphatic carbocycles. The van der Waals surface area contributed by atoms with Gasteiger partial charge in [-0.2, -0.15) is 0 Å². The molecule has 0 aliphatic heterocycles. The zero-order valence-electron chi connectivity index (χ0n) is 15.3. The number of carboxylic acid groups (broad SMARTS) is 1. The number of aromatic carboxylic acids is 1. The molecule has 0 radical (unpaired) electrons. The summed E-state index contributed by atoms with van der Waals surface area (Å²) in [5.41, 5.74) is 14.7. The van der Waals surface area contributed by atoms with Gasteiger partial charge >= 0.3 is 11.9 Å². The lowest BCUT2D eigenvalue weighted by atomic mass is 10.0. The number of carboxylic acids is 1. The Kier molecular flexibility index (Phi) is 5.04. The third-order valence-corrected chi connectivity index (χ3v) is 5.17. The van der Waals surface area contributed by atoms with Gasteiger partial charge in [-0.05, 0) is 61.1 Å². The van der Waals surface area contributed by atoms with Crippen LogP contribution in [0.3, 0.4) is 0 Å². The number of rotatable bonds is 4. The molecule has 0 heterocycles. The average Bonchev–Trinajstić information content (AvgIpc) is 3.61. The molecule has 4 rings (SSSR count). The first-order valence-corrected chi connectivity index (χ1v) is 8.88. The molecular weight excluding hydrogens is 344 g/mol. The van der Waals surface area contributed by atoms with E-state index in [1.54, 1.807) is 36.4 Å². The molecule has 0 spiro atoms. The standard InChI is InChI=1S/C11H13NO2.C10H11NO2/c1-14-10(13)8-2-4-9(5-3-8)11(12)6-7-11;11-10(5-6-10)8-3-1-7(2-4-8)9(12)13/h2-5H,6-7,12H2,1H3;1-4H,5-6,11H2,(H,12,13). The third kappa shape index (κ3) is 4.35. The van der Waals surface area contributed by atoms with Gasteiger partial charge in [0.05, 0.1) is 18.2 Å². The number of ether oxygens (including phenoxy) is 1. The fourth-order valence-corrected chi connectivity index (χ4v) is 2.85. The predicted octanol–water partition coefficient (Wildman–Crippen LogP) is 2.75. The molecule has 2 aliphatic rings. The Morgan fingerprint density at radius 1 is 0.815 bits per heavy atom. The van der Waals surface area contributed by atoms with Crippen LogP contribution in [0.25, 0.3) is 0 Å². The minimum absolute atomic E-state index is 0.130. The average molecular weight is 368 g/mol. The molecule has 0 atom stereocenters. The molecule has 0 saturated heterocycles. The molecule has 5 N–H and O–H groups in total. The van der Waals surface area contributed by atoms with Crippen molar-refractivity contribution >= 4 is 11.9 Å². The van der Waals surface area contributed by atoms with E-state index in [1.807, 2.05) is 12.1 Å². The van der Waals surface area contributed by atoms with Crippen molar-refractivity contribution < 1.29 is 19.4 Å². The lowest BCUT2D eigenvalue weighted by molar-refractivity contribution is 0.0599. The minimum Gasteiger partial charge on any atom is -0.478 e. The number of esters is 1. The van der Waals surface area contributed by atoms with E-state index >= 15 is 0 Å². The largest absolute Gasteiger partial charge is 0.478 e. The van der Waals surface area contributed by atoms with Crippen LogP contribution in [0, 0.1) is 0 Å². The van der Waals surface area contributed by atoms with Crippen LogP contribution in [0.15, 0.2) is 48.5 Å². The summed E-state index contributed by atoms with van der Waals surface area (Å²) in [4.78, 5) is 21.7. The van der Waals surface area contributed by atoms with Crippen LogP contribution in [-0.2, 0) is 15.8 Å². The Morgan fingerprint density at radius 2 is 1.19 bits per heavy atom. The molecule has 0 aromatic heterocycles. The SMILES string of the molecule is COC(=O)c1ccc(C2(N)CC2)cc1.NC1(c2ccc(C(=O)O)cc2)CC1. The molecule has 27 heavy (non-hydrogen) atoms. The van der Waals surface area contributed by atoms with Crippen molar-refractivity contribution in [1.29, 1.82) is 0 Å². The summed E-state index contributed by atoms with van der Waals surface area (Å²) in [6.45, 7) is 0. The number of carbonyl (C=O) groups is 2. The maximum Gasteiger partial charge on any atom is 0.337 e. The number of carbonyl (C=O) groups excluding carboxylic acids is 1. The second-order valence-electron chi connectivity index (χ2n) is 7.26. The lowest BCUT2D eigenvalue weighted by Gasteiger charge is -2.08. The predicted molar refractivity (Wildman–Crippen MR) is 101 cm³/mol. The summed E-state index contributed by atoms with van der Waals surface area (Å²) in [6, 6.07) is 14.1. The van der Waals surface area contributed by atoms with Crippen LogP contribution >= 0.6 is 0 Å². The van der Waals surface area contributed by atoms with E-state index in [-0.39, 0.29) is 17.0 Å². The zero-order chi connectivity index (χ0) is 19.7. The normalized spacial score (nSPS) is 17.9. The van der Waals surface area contributed by atoms with Gasteiger partial charge in [0.15, 0.2) is 0 Å². The van der Waals surface area contributed by atoms with Crippen LogP contribution in [0.5, 0.6) is 0 Å². The maximum absolute atomic E-state index is 11.1. The molecule has 142 valence electrons. The highest BCUT2D eigenvalue weighted by molar-refractivity contribution is 5.89. The summed E-state index contributed by atoms with van der Waals surface area (Å²) in [5, 5.41) is 8.66. The summed E-state index contributed by atoms with van der Waals surface area (Å²) in [7, 11) is 1.38. The third-order valence-electron chi connectivity index (χ3n) is 5.17. The number of hydrogen-bond acceptors (Lipinski definition) is 5. The van der Waals surface area contributed by atoms with Crippen molar-refractivity contribution in [2.45, 2.75) is 36.8 Å². The molecule has 6 nitrogen and oxygen atoms in total. The van der Waals surface area contributed by atoms with E-state index in [0.717, 1.165) is 36.8 Å². The van der Waals surface area contributed by atoms with Gasteiger partial charge in [-0.15, -0.1) is 0 Å². The van der Waals surface area contributed by atoms with Gasteiger partial charge in [-0.3, -0.25) is 0 Å². The van der Waals surface area contributed by atoms with Crippen LogP contribution < -0.4 is 11.5 Å². The Morgan fingerprint density at radius 3 is 1.48 bits per heavy atom. The first-order chi connectivity index (χ1) is 12.8. The molecule has 6 heteroatoms. The van der Waals surface area contributed by atoms with Gasteiger partial charge in [0.25, 0.3) is 0 Å². The maximum atomic E-state index is 11.1. The number of hydrogen-bond donors (Lipinski definition) is 3. The van der Waals surface area contributed by atoms with Gasteiger partial charge in [-0.25, -0.2) is 9.59 Å². The topological polar surface area (TPSA) is 116 Å². The molecular formula is C21H24N2O4. The van der Waals surface area contributed by atoms with E-state index < -0.39 is 5.97 Å². The quantitative estimate of drug-likeness (QED) is 0.715. The summed E-state index contributed by atoms with van der Waals surface area (Å²) < 4.78 is 4.61. The van der Waals surface area contributed by atoms with E-state index in [2.05, 4.69) is 4.74 Å². The van der Waals surface area contributed by atoms with Crippen LogP contribution in [0.2, 0.25) is 0 Å². The van der Waals surface area contributed by atoms with Crippen LogP contribution in [0.4, 0.5) is 0 Å². The van der Waals surface area contributed by atoms with Gasteiger partial charge in [0.1, 0.15) is 0 Å². The van der Waals surface area contributed by atoms with Gasteiger partial charge in [-0.1, -0.05) is 24.3 Å². The fourth-order valence-electron chi connectivity index (χ4n) is 2.85. The molecule has 2 saturated carbocycles. The van der Waals surface area contributed by atoms with Crippen molar-refractivity contribution in [3.8, 4) is 0 Å². The van der Waals surface area contributed by atoms with Crippen molar-refractivity contribution in [2.24, 2.45) is 11.5 Å². The first-order valence-electron chi connectivity index (χ1n) is 8.88.